The van der Waals surface area contributed by atoms with Crippen LogP contribution < -0.4 is 0 Å². The predicted octanol–water partition coefficient (Wildman–Crippen LogP) is 7.77. The zero-order valence-corrected chi connectivity index (χ0v) is 22.1. The summed E-state index contributed by atoms with van der Waals surface area (Å²) in [6.07, 6.45) is 11.5. The van der Waals surface area contributed by atoms with Crippen molar-refractivity contribution >= 4 is 11.8 Å². The zero-order chi connectivity index (χ0) is 24.8. The van der Waals surface area contributed by atoms with Crippen LogP contribution in [0, 0.1) is 39.9 Å². The molecule has 3 aliphatic rings. The van der Waals surface area contributed by atoms with Crippen molar-refractivity contribution in [1.29, 1.82) is 0 Å². The Morgan fingerprint density at radius 2 is 1.85 bits per heavy atom. The fraction of sp³-hybridized carbons (Fsp3) is 0.733. The number of carbonyl (C=O) groups is 2. The Balaban J connectivity index is 1.93. The molecular weight excluding hydrogens is 408 g/mol. The number of fused-ring (bicyclic) bond motifs is 3. The molecule has 184 valence electrons. The minimum absolute atomic E-state index is 0.0538. The maximum atomic E-state index is 12.6. The Morgan fingerprint density at radius 3 is 2.42 bits per heavy atom. The number of aliphatic carboxylic acids is 1. The first kappa shape index (κ1) is 26.0. The Kier molecular flexibility index (Phi) is 7.23. The van der Waals surface area contributed by atoms with E-state index in [1.54, 1.807) is 11.6 Å². The third kappa shape index (κ3) is 4.42. The third-order valence-electron chi connectivity index (χ3n) is 10.3. The van der Waals surface area contributed by atoms with E-state index in [4.69, 9.17) is 0 Å². The van der Waals surface area contributed by atoms with E-state index >= 15 is 0 Å². The number of hydrogen-bond donors (Lipinski definition) is 1. The molecule has 3 rings (SSSR count). The van der Waals surface area contributed by atoms with E-state index in [-0.39, 0.29) is 28.4 Å². The molecule has 0 bridgehead atoms. The lowest BCUT2D eigenvalue weighted by atomic mass is 9.44. The summed E-state index contributed by atoms with van der Waals surface area (Å²) in [5.41, 5.74) is 4.11. The van der Waals surface area contributed by atoms with Gasteiger partial charge in [0, 0.05) is 12.8 Å². The summed E-state index contributed by atoms with van der Waals surface area (Å²) < 4.78 is 0. The maximum Gasteiger partial charge on any atom is 0.303 e. The Morgan fingerprint density at radius 1 is 1.18 bits per heavy atom. The van der Waals surface area contributed by atoms with Crippen molar-refractivity contribution in [2.24, 2.45) is 39.9 Å². The van der Waals surface area contributed by atoms with Crippen LogP contribution in [0.2, 0.25) is 0 Å². The molecule has 0 spiro atoms. The summed E-state index contributed by atoms with van der Waals surface area (Å²) >= 11 is 0. The average Bonchev–Trinajstić information content (AvgIpc) is 2.97. The van der Waals surface area contributed by atoms with Crippen LogP contribution in [-0.2, 0) is 9.59 Å². The zero-order valence-electron chi connectivity index (χ0n) is 22.1. The second kappa shape index (κ2) is 9.19. The second-order valence-corrected chi connectivity index (χ2v) is 12.5. The molecule has 0 unspecified atom stereocenters. The SMILES string of the molecule is C=C(C)[C@@H]1CC=C2[C@H](CC[C@@]3(C)[C@H]([C@@H](C)CC(=O)C=C(C)C)CC[C@]23C)[C@@]1(C)CCC(=O)O. The Labute approximate surface area is 201 Å². The van der Waals surface area contributed by atoms with Gasteiger partial charge in [0.15, 0.2) is 5.78 Å². The van der Waals surface area contributed by atoms with Gasteiger partial charge < -0.3 is 5.11 Å². The molecule has 2 fully saturated rings. The van der Waals surface area contributed by atoms with Gasteiger partial charge in [0.05, 0.1) is 0 Å². The van der Waals surface area contributed by atoms with E-state index in [1.165, 1.54) is 18.4 Å². The molecule has 3 aliphatic carbocycles. The van der Waals surface area contributed by atoms with Crippen LogP contribution in [0.4, 0.5) is 0 Å². The molecule has 3 heteroatoms. The highest BCUT2D eigenvalue weighted by atomic mass is 16.4. The van der Waals surface area contributed by atoms with Gasteiger partial charge in [-0.15, -0.1) is 0 Å². The summed E-state index contributed by atoms with van der Waals surface area (Å²) in [6.45, 7) is 20.0. The normalized spacial score (nSPS) is 38.5. The highest BCUT2D eigenvalue weighted by Crippen LogP contribution is 2.71. The Bertz CT molecular complexity index is 875. The van der Waals surface area contributed by atoms with Crippen LogP contribution in [0.15, 0.2) is 35.5 Å². The maximum absolute atomic E-state index is 12.6. The first-order valence-electron chi connectivity index (χ1n) is 13.0. The topological polar surface area (TPSA) is 54.4 Å². The van der Waals surface area contributed by atoms with Crippen molar-refractivity contribution in [2.45, 2.75) is 99.8 Å². The first-order valence-corrected chi connectivity index (χ1v) is 13.0. The summed E-state index contributed by atoms with van der Waals surface area (Å²) in [5, 5.41) is 9.48. The fourth-order valence-electron chi connectivity index (χ4n) is 8.43. The number of allylic oxidation sites excluding steroid dienone is 5. The van der Waals surface area contributed by atoms with Crippen molar-refractivity contribution < 1.29 is 14.7 Å². The molecule has 1 N–H and O–H groups in total. The molecule has 0 radical (unpaired) electrons. The molecule has 0 amide bonds. The van der Waals surface area contributed by atoms with Crippen LogP contribution in [0.5, 0.6) is 0 Å². The summed E-state index contributed by atoms with van der Waals surface area (Å²) in [7, 11) is 0. The van der Waals surface area contributed by atoms with Gasteiger partial charge >= 0.3 is 5.97 Å². The van der Waals surface area contributed by atoms with E-state index in [9.17, 15) is 14.7 Å². The molecule has 3 nitrogen and oxygen atoms in total. The van der Waals surface area contributed by atoms with Gasteiger partial charge in [-0.3, -0.25) is 9.59 Å². The van der Waals surface area contributed by atoms with E-state index in [0.717, 1.165) is 24.8 Å². The number of hydrogen-bond acceptors (Lipinski definition) is 2. The van der Waals surface area contributed by atoms with E-state index in [0.29, 0.717) is 36.5 Å². The van der Waals surface area contributed by atoms with E-state index < -0.39 is 5.97 Å². The second-order valence-electron chi connectivity index (χ2n) is 12.5. The van der Waals surface area contributed by atoms with Crippen molar-refractivity contribution in [3.05, 3.63) is 35.5 Å². The lowest BCUT2D eigenvalue weighted by Crippen LogP contribution is -2.52. The van der Waals surface area contributed by atoms with Crippen LogP contribution >= 0.6 is 0 Å². The van der Waals surface area contributed by atoms with Gasteiger partial charge in [-0.25, -0.2) is 0 Å². The van der Waals surface area contributed by atoms with Gasteiger partial charge in [0.25, 0.3) is 0 Å². The van der Waals surface area contributed by atoms with E-state index in [2.05, 4.69) is 47.3 Å². The average molecular weight is 455 g/mol. The monoisotopic (exact) mass is 454 g/mol. The number of carbonyl (C=O) groups excluding carboxylic acids is 1. The lowest BCUT2D eigenvalue weighted by molar-refractivity contribution is -0.138. The smallest absolute Gasteiger partial charge is 0.303 e. The van der Waals surface area contributed by atoms with Gasteiger partial charge in [0.2, 0.25) is 0 Å². The highest BCUT2D eigenvalue weighted by molar-refractivity contribution is 5.90. The minimum Gasteiger partial charge on any atom is -0.481 e. The van der Waals surface area contributed by atoms with Crippen molar-refractivity contribution in [2.75, 3.05) is 0 Å². The number of carboxylic acids is 1. The van der Waals surface area contributed by atoms with Gasteiger partial charge in [-0.2, -0.15) is 0 Å². The summed E-state index contributed by atoms with van der Waals surface area (Å²) in [5.74, 6) is 1.25. The Hall–Kier alpha value is -1.64. The summed E-state index contributed by atoms with van der Waals surface area (Å²) in [4.78, 5) is 24.1. The third-order valence-corrected chi connectivity index (χ3v) is 10.3. The molecule has 0 saturated heterocycles. The number of carboxylic acid groups (broad SMARTS) is 1. The molecule has 0 heterocycles. The quantitative estimate of drug-likeness (QED) is 0.301. The molecule has 0 aliphatic heterocycles. The molecular formula is C30H46O3. The van der Waals surface area contributed by atoms with Crippen LogP contribution in [0.3, 0.4) is 0 Å². The van der Waals surface area contributed by atoms with E-state index in [1.807, 2.05) is 13.8 Å². The highest BCUT2D eigenvalue weighted by Gasteiger charge is 2.63. The molecule has 0 aromatic carbocycles. The largest absolute Gasteiger partial charge is 0.481 e. The predicted molar refractivity (Wildman–Crippen MR) is 136 cm³/mol. The van der Waals surface area contributed by atoms with Crippen molar-refractivity contribution in [3.63, 3.8) is 0 Å². The molecule has 0 aromatic heterocycles. The fourth-order valence-corrected chi connectivity index (χ4v) is 8.43. The van der Waals surface area contributed by atoms with Crippen LogP contribution in [0.1, 0.15) is 99.8 Å². The molecule has 0 aromatic rings. The van der Waals surface area contributed by atoms with Crippen LogP contribution in [0.25, 0.3) is 0 Å². The van der Waals surface area contributed by atoms with Gasteiger partial charge in [0.1, 0.15) is 0 Å². The number of ketones is 1. The van der Waals surface area contributed by atoms with Crippen molar-refractivity contribution in [3.8, 4) is 0 Å². The first-order chi connectivity index (χ1) is 15.3. The van der Waals surface area contributed by atoms with Gasteiger partial charge in [-0.1, -0.05) is 57.1 Å². The minimum atomic E-state index is -0.699. The number of rotatable bonds is 8. The van der Waals surface area contributed by atoms with Gasteiger partial charge in [-0.05, 0) is 105 Å². The standard InChI is InChI=1S/C30H46O3/c1-19(2)17-22(31)18-21(5)24-11-15-30(8)26-10-9-23(20(3)4)28(6,14-13-27(32)33)25(26)12-16-29(24,30)7/h10,17,21,23-25H,3,9,11-16,18H2,1-2,4-8H3,(H,32,33)/t21-,23-,24-,25-,28-,29-,30+/m0/s1. The van der Waals surface area contributed by atoms with Crippen LogP contribution in [-0.4, -0.2) is 16.9 Å². The molecule has 7 atom stereocenters. The summed E-state index contributed by atoms with van der Waals surface area (Å²) in [6, 6.07) is 0. The lowest BCUT2D eigenvalue weighted by Gasteiger charge is -2.60. The molecule has 2 saturated carbocycles. The molecule has 33 heavy (non-hydrogen) atoms. The van der Waals surface area contributed by atoms with Crippen molar-refractivity contribution in [1.82, 2.24) is 0 Å².